The number of hydrogen-bond acceptors (Lipinski definition) is 2. The third-order valence-electron chi connectivity index (χ3n) is 6.42. The quantitative estimate of drug-likeness (QED) is 0.745. The molecule has 2 fully saturated rings. The monoisotopic (exact) mass is 403 g/mol. The summed E-state index contributed by atoms with van der Waals surface area (Å²) >= 11 is 0. The Kier molecular flexibility index (Phi) is 7.20. The first-order valence-corrected chi connectivity index (χ1v) is 11.4. The van der Waals surface area contributed by atoms with Crippen LogP contribution < -0.4 is 5.32 Å². The van der Waals surface area contributed by atoms with Gasteiger partial charge in [-0.05, 0) is 29.9 Å². The average Bonchev–Trinajstić information content (AvgIpc) is 2.82. The Hall–Kier alpha value is -2.59. The molecular weight excluding hydrogens is 370 g/mol. The van der Waals surface area contributed by atoms with Crippen molar-refractivity contribution in [1.82, 2.24) is 15.1 Å². The van der Waals surface area contributed by atoms with E-state index in [4.69, 9.17) is 0 Å². The molecule has 2 aromatic carbocycles. The fourth-order valence-corrected chi connectivity index (χ4v) is 4.74. The topological polar surface area (TPSA) is 35.6 Å². The first-order valence-electron chi connectivity index (χ1n) is 11.4. The maximum Gasteiger partial charge on any atom is 0.321 e. The lowest BCUT2D eigenvalue weighted by atomic mass is 9.89. The zero-order valence-corrected chi connectivity index (χ0v) is 17.7. The van der Waals surface area contributed by atoms with E-state index in [2.05, 4.69) is 77.0 Å². The Labute approximate surface area is 180 Å². The number of benzene rings is 2. The second-order valence-electron chi connectivity index (χ2n) is 8.45. The Bertz CT molecular complexity index is 767. The highest BCUT2D eigenvalue weighted by atomic mass is 16.2. The van der Waals surface area contributed by atoms with Gasteiger partial charge in [-0.15, -0.1) is 0 Å². The number of hydrogen-bond donors (Lipinski definition) is 1. The molecule has 1 heterocycles. The molecule has 4 heteroatoms. The van der Waals surface area contributed by atoms with E-state index >= 15 is 0 Å². The molecule has 4 rings (SSSR count). The number of urea groups is 1. The Morgan fingerprint density at radius 1 is 0.833 bits per heavy atom. The molecule has 0 radical (unpaired) electrons. The van der Waals surface area contributed by atoms with Gasteiger partial charge in [0.2, 0.25) is 0 Å². The molecule has 0 spiro atoms. The minimum atomic E-state index is 0.0256. The number of nitrogens with zero attached hydrogens (tertiary/aromatic N) is 2. The molecule has 1 aliphatic heterocycles. The van der Waals surface area contributed by atoms with E-state index in [1.54, 1.807) is 0 Å². The van der Waals surface area contributed by atoms with Crippen molar-refractivity contribution in [2.24, 2.45) is 5.92 Å². The molecule has 2 amide bonds. The van der Waals surface area contributed by atoms with Gasteiger partial charge in [0, 0.05) is 32.4 Å². The lowest BCUT2D eigenvalue weighted by Crippen LogP contribution is -2.51. The molecule has 2 aromatic rings. The predicted molar refractivity (Wildman–Crippen MR) is 122 cm³/mol. The molecule has 1 N–H and O–H groups in total. The van der Waals surface area contributed by atoms with Crippen LogP contribution in [-0.2, 0) is 0 Å². The summed E-state index contributed by atoms with van der Waals surface area (Å²) in [6.07, 6.45) is 10.6. The van der Waals surface area contributed by atoms with Gasteiger partial charge in [0.15, 0.2) is 0 Å². The normalized spacial score (nSPS) is 18.8. The molecule has 1 saturated heterocycles. The van der Waals surface area contributed by atoms with Gasteiger partial charge in [-0.2, -0.15) is 0 Å². The molecule has 158 valence electrons. The second kappa shape index (κ2) is 10.4. The summed E-state index contributed by atoms with van der Waals surface area (Å²) < 4.78 is 0. The van der Waals surface area contributed by atoms with Crippen molar-refractivity contribution in [2.75, 3.05) is 26.2 Å². The van der Waals surface area contributed by atoms with Gasteiger partial charge in [-0.3, -0.25) is 4.90 Å². The lowest BCUT2D eigenvalue weighted by Gasteiger charge is -2.39. The van der Waals surface area contributed by atoms with Crippen LogP contribution in [0.2, 0.25) is 0 Å². The number of nitrogens with one attached hydrogen (secondary N) is 1. The zero-order valence-electron chi connectivity index (χ0n) is 17.7. The molecule has 0 aromatic heterocycles. The number of allylic oxidation sites excluding steroid dienone is 1. The number of amides is 2. The maximum atomic E-state index is 12.6. The van der Waals surface area contributed by atoms with Crippen LogP contribution in [0.4, 0.5) is 4.79 Å². The summed E-state index contributed by atoms with van der Waals surface area (Å²) in [5.41, 5.74) is 2.61. The smallest absolute Gasteiger partial charge is 0.321 e. The summed E-state index contributed by atoms with van der Waals surface area (Å²) in [5, 5.41) is 3.00. The van der Waals surface area contributed by atoms with Crippen LogP contribution in [0.3, 0.4) is 0 Å². The standard InChI is InChI=1S/C26H33N3O/c30-26(27-17-16-22-10-4-1-5-11-22)29-20-18-28(19-21-29)25(23-12-6-2-7-13-23)24-14-8-3-9-15-24/h2-3,6-9,12-17,22,25H,1,4-5,10-11,18-21H2,(H,27,30)/b17-16+. The molecule has 0 unspecified atom stereocenters. The fourth-order valence-electron chi connectivity index (χ4n) is 4.74. The van der Waals surface area contributed by atoms with E-state index in [0.717, 1.165) is 26.2 Å². The van der Waals surface area contributed by atoms with Crippen LogP contribution >= 0.6 is 0 Å². The van der Waals surface area contributed by atoms with Crippen LogP contribution in [0.1, 0.15) is 49.3 Å². The Balaban J connectivity index is 1.35. The summed E-state index contributed by atoms with van der Waals surface area (Å²) in [4.78, 5) is 17.0. The van der Waals surface area contributed by atoms with Crippen molar-refractivity contribution < 1.29 is 4.79 Å². The first-order chi connectivity index (χ1) is 14.8. The molecule has 2 aliphatic rings. The van der Waals surface area contributed by atoms with Crippen molar-refractivity contribution in [3.63, 3.8) is 0 Å². The van der Waals surface area contributed by atoms with E-state index in [-0.39, 0.29) is 12.1 Å². The van der Waals surface area contributed by atoms with Crippen molar-refractivity contribution in [2.45, 2.75) is 38.1 Å². The highest BCUT2D eigenvalue weighted by Gasteiger charge is 2.27. The van der Waals surface area contributed by atoms with Crippen LogP contribution in [-0.4, -0.2) is 42.0 Å². The predicted octanol–water partition coefficient (Wildman–Crippen LogP) is 5.20. The minimum absolute atomic E-state index is 0.0256. The largest absolute Gasteiger partial charge is 0.322 e. The molecule has 30 heavy (non-hydrogen) atoms. The molecule has 4 nitrogen and oxygen atoms in total. The van der Waals surface area contributed by atoms with Crippen molar-refractivity contribution in [3.05, 3.63) is 84.1 Å². The average molecular weight is 404 g/mol. The first kappa shape index (κ1) is 20.7. The van der Waals surface area contributed by atoms with E-state index in [1.807, 2.05) is 11.1 Å². The third-order valence-corrected chi connectivity index (χ3v) is 6.42. The maximum absolute atomic E-state index is 12.6. The van der Waals surface area contributed by atoms with E-state index in [9.17, 15) is 4.79 Å². The third kappa shape index (κ3) is 5.31. The summed E-state index contributed by atoms with van der Waals surface area (Å²) in [5.74, 6) is 0.633. The molecule has 0 bridgehead atoms. The minimum Gasteiger partial charge on any atom is -0.322 e. The number of carbonyl (C=O) groups excluding carboxylic acids is 1. The number of piperazine rings is 1. The lowest BCUT2D eigenvalue weighted by molar-refractivity contribution is 0.122. The van der Waals surface area contributed by atoms with E-state index in [0.29, 0.717) is 5.92 Å². The van der Waals surface area contributed by atoms with Crippen LogP contribution in [0, 0.1) is 5.92 Å². The van der Waals surface area contributed by atoms with Crippen LogP contribution in [0.15, 0.2) is 72.9 Å². The highest BCUT2D eigenvalue weighted by molar-refractivity contribution is 5.75. The van der Waals surface area contributed by atoms with Gasteiger partial charge >= 0.3 is 6.03 Å². The van der Waals surface area contributed by atoms with Gasteiger partial charge in [-0.25, -0.2) is 4.79 Å². The van der Waals surface area contributed by atoms with Gasteiger partial charge in [0.1, 0.15) is 0 Å². The molecule has 1 aliphatic carbocycles. The van der Waals surface area contributed by atoms with Gasteiger partial charge in [0.05, 0.1) is 6.04 Å². The van der Waals surface area contributed by atoms with Gasteiger partial charge < -0.3 is 10.2 Å². The van der Waals surface area contributed by atoms with E-state index < -0.39 is 0 Å². The van der Waals surface area contributed by atoms with Crippen molar-refractivity contribution in [3.8, 4) is 0 Å². The Morgan fingerprint density at radius 3 is 1.97 bits per heavy atom. The molecule has 1 saturated carbocycles. The summed E-state index contributed by atoms with van der Waals surface area (Å²) in [7, 11) is 0. The van der Waals surface area contributed by atoms with Gasteiger partial charge in [-0.1, -0.05) is 86.0 Å². The van der Waals surface area contributed by atoms with E-state index in [1.165, 1.54) is 43.2 Å². The number of rotatable bonds is 5. The Morgan fingerprint density at radius 2 is 1.40 bits per heavy atom. The fraction of sp³-hybridized carbons (Fsp3) is 0.423. The number of carbonyl (C=O) groups is 1. The van der Waals surface area contributed by atoms with Crippen molar-refractivity contribution in [1.29, 1.82) is 0 Å². The summed E-state index contributed by atoms with van der Waals surface area (Å²) in [6, 6.07) is 21.6. The second-order valence-corrected chi connectivity index (χ2v) is 8.45. The highest BCUT2D eigenvalue weighted by Crippen LogP contribution is 2.29. The van der Waals surface area contributed by atoms with Crippen LogP contribution in [0.25, 0.3) is 0 Å². The summed E-state index contributed by atoms with van der Waals surface area (Å²) in [6.45, 7) is 3.24. The van der Waals surface area contributed by atoms with Gasteiger partial charge in [0.25, 0.3) is 0 Å². The van der Waals surface area contributed by atoms with Crippen molar-refractivity contribution >= 4 is 6.03 Å². The SMILES string of the molecule is O=C(N/C=C/C1CCCCC1)N1CCN(C(c2ccccc2)c2ccccc2)CC1. The molecule has 0 atom stereocenters. The van der Waals surface area contributed by atoms with Crippen LogP contribution in [0.5, 0.6) is 0 Å². The zero-order chi connectivity index (χ0) is 20.6. The molecular formula is C26H33N3O.